The summed E-state index contributed by atoms with van der Waals surface area (Å²) in [6.45, 7) is 4.37. The van der Waals surface area contributed by atoms with E-state index in [1.165, 1.54) is 22.5 Å². The molecule has 2 aliphatic heterocycles. The molecule has 0 saturated carbocycles. The van der Waals surface area contributed by atoms with Crippen LogP contribution in [0.15, 0.2) is 72.9 Å². The number of hydrogen-bond donors (Lipinski definition) is 0. The van der Waals surface area contributed by atoms with Gasteiger partial charge in [0.05, 0.1) is 0 Å². The van der Waals surface area contributed by atoms with Gasteiger partial charge in [0.25, 0.3) is 0 Å². The molecule has 0 spiro atoms. The summed E-state index contributed by atoms with van der Waals surface area (Å²) >= 11 is -2.14. The molecule has 0 aliphatic carbocycles. The van der Waals surface area contributed by atoms with Gasteiger partial charge in [0, 0.05) is 0 Å². The van der Waals surface area contributed by atoms with Gasteiger partial charge in [0.2, 0.25) is 0 Å². The number of nitrogens with zero attached hydrogens (tertiary/aromatic N) is 2. The van der Waals surface area contributed by atoms with Crippen molar-refractivity contribution in [3.05, 3.63) is 84.1 Å². The van der Waals surface area contributed by atoms with Crippen LogP contribution in [0.3, 0.4) is 0 Å². The molecule has 0 radical (unpaired) electrons. The zero-order chi connectivity index (χ0) is 19.4. The molecule has 5 rings (SSSR count). The summed E-state index contributed by atoms with van der Waals surface area (Å²) in [5, 5.41) is 0. The van der Waals surface area contributed by atoms with Gasteiger partial charge >= 0.3 is 170 Å². The summed E-state index contributed by atoms with van der Waals surface area (Å²) in [4.78, 5) is 4.64. The Morgan fingerprint density at radius 1 is 0.893 bits per heavy atom. The van der Waals surface area contributed by atoms with Crippen molar-refractivity contribution in [2.24, 2.45) is 0 Å². The second-order valence-corrected chi connectivity index (χ2v) is 10.4. The Hall–Kier alpha value is -2.68. The van der Waals surface area contributed by atoms with E-state index in [9.17, 15) is 3.83 Å². The Kier molecular flexibility index (Phi) is 4.01. The second-order valence-electron chi connectivity index (χ2n) is 7.43. The number of benzene rings is 3. The van der Waals surface area contributed by atoms with Crippen molar-refractivity contribution >= 4 is 34.1 Å². The third kappa shape index (κ3) is 2.49. The van der Waals surface area contributed by atoms with E-state index in [0.29, 0.717) is 0 Å². The Morgan fingerprint density at radius 2 is 1.61 bits per heavy atom. The van der Waals surface area contributed by atoms with E-state index in [1.54, 1.807) is 0 Å². The van der Waals surface area contributed by atoms with Crippen LogP contribution in [0.25, 0.3) is 16.8 Å². The molecule has 0 aromatic heterocycles. The van der Waals surface area contributed by atoms with E-state index < -0.39 is 13.8 Å². The second kappa shape index (κ2) is 6.44. The first kappa shape index (κ1) is 17.4. The molecule has 2 heterocycles. The van der Waals surface area contributed by atoms with Gasteiger partial charge < -0.3 is 0 Å². The van der Waals surface area contributed by atoms with Crippen molar-refractivity contribution in [3.8, 4) is 11.1 Å². The third-order valence-corrected chi connectivity index (χ3v) is 9.02. The van der Waals surface area contributed by atoms with Crippen LogP contribution in [0, 0.1) is 6.92 Å². The van der Waals surface area contributed by atoms with Gasteiger partial charge in [-0.15, -0.1) is 0 Å². The molecule has 0 N–H and O–H groups in total. The molecule has 3 nitrogen and oxygen atoms in total. The first-order chi connectivity index (χ1) is 13.6. The normalized spacial score (nSPS) is 20.2. The van der Waals surface area contributed by atoms with Crippen LogP contribution in [0.1, 0.15) is 18.1 Å². The topological polar surface area (TPSA) is 23.6 Å². The molecule has 28 heavy (non-hydrogen) atoms. The van der Waals surface area contributed by atoms with Crippen LogP contribution in [0.2, 0.25) is 0 Å². The number of aryl methyl sites for hydroxylation is 1. The van der Waals surface area contributed by atoms with Crippen LogP contribution in [0.5, 0.6) is 0 Å². The molecular formula is C24H22N2OSe. The molecule has 0 amide bonds. The van der Waals surface area contributed by atoms with Crippen molar-refractivity contribution in [1.82, 2.24) is 4.90 Å². The van der Waals surface area contributed by atoms with Crippen LogP contribution in [0.4, 0.5) is 5.69 Å². The first-order valence-electron chi connectivity index (χ1n) is 9.50. The van der Waals surface area contributed by atoms with Crippen molar-refractivity contribution in [3.63, 3.8) is 0 Å². The quantitative estimate of drug-likeness (QED) is 0.452. The van der Waals surface area contributed by atoms with Gasteiger partial charge in [0.1, 0.15) is 0 Å². The maximum atomic E-state index is 12.9. The Bertz CT molecular complexity index is 1150. The van der Waals surface area contributed by atoms with Crippen LogP contribution in [-0.4, -0.2) is 31.9 Å². The van der Waals surface area contributed by atoms with Crippen molar-refractivity contribution < 1.29 is 3.83 Å². The molecule has 4 heteroatoms. The minimum atomic E-state index is -2.14. The molecule has 2 aliphatic rings. The number of anilines is 1. The van der Waals surface area contributed by atoms with E-state index in [0.717, 1.165) is 20.1 Å². The molecule has 3 aromatic rings. The van der Waals surface area contributed by atoms with E-state index in [2.05, 4.69) is 85.4 Å². The van der Waals surface area contributed by atoms with Gasteiger partial charge in [-0.25, -0.2) is 0 Å². The molecule has 0 fully saturated rings. The number of hydrogen-bond acceptors (Lipinski definition) is 3. The maximum absolute atomic E-state index is 12.9. The number of rotatable bonds is 2. The van der Waals surface area contributed by atoms with Crippen LogP contribution in [-0.2, 0) is 3.83 Å². The van der Waals surface area contributed by atoms with E-state index in [1.807, 2.05) is 18.2 Å². The number of para-hydroxylation sites is 1. The summed E-state index contributed by atoms with van der Waals surface area (Å²) in [6, 6.07) is 23.0. The molecule has 140 valence electrons. The van der Waals surface area contributed by atoms with Crippen molar-refractivity contribution in [1.29, 1.82) is 0 Å². The van der Waals surface area contributed by atoms with Crippen LogP contribution < -0.4 is 13.8 Å². The predicted molar refractivity (Wildman–Crippen MR) is 116 cm³/mol. The average molecular weight is 433 g/mol. The van der Waals surface area contributed by atoms with Crippen molar-refractivity contribution in [2.45, 2.75) is 20.0 Å². The Morgan fingerprint density at radius 3 is 2.43 bits per heavy atom. The molecule has 2 unspecified atom stereocenters. The number of fused-ring (bicyclic) bond motifs is 3. The zero-order valence-corrected chi connectivity index (χ0v) is 17.9. The molecule has 0 saturated heterocycles. The first-order valence-corrected chi connectivity index (χ1v) is 11.9. The fourth-order valence-electron chi connectivity index (χ4n) is 4.15. The Balaban J connectivity index is 1.60. The fourth-order valence-corrected chi connectivity index (χ4v) is 7.04. The zero-order valence-electron chi connectivity index (χ0n) is 16.2. The summed E-state index contributed by atoms with van der Waals surface area (Å²) < 4.78 is 14.9. The standard InChI is InChI=1S/C24H22N2OSe/c1-16-8-4-6-10-21(16)26-15-22(25(3)17(26)2)18-12-13-24-20(14-18)19-9-5-7-11-23(19)28(24)27/h4-15,17H,1-3H3. The van der Waals surface area contributed by atoms with Gasteiger partial charge in [-0.3, -0.25) is 0 Å². The van der Waals surface area contributed by atoms with Gasteiger partial charge in [-0.1, -0.05) is 0 Å². The third-order valence-electron chi connectivity index (χ3n) is 5.85. The molecule has 3 aromatic carbocycles. The van der Waals surface area contributed by atoms with E-state index in [4.69, 9.17) is 0 Å². The molecule has 0 bridgehead atoms. The van der Waals surface area contributed by atoms with Crippen LogP contribution >= 0.6 is 0 Å². The fraction of sp³-hybridized carbons (Fsp3) is 0.167. The van der Waals surface area contributed by atoms with Gasteiger partial charge in [0.15, 0.2) is 0 Å². The molecular weight excluding hydrogens is 411 g/mol. The minimum absolute atomic E-state index is 0.234. The van der Waals surface area contributed by atoms with E-state index >= 15 is 0 Å². The van der Waals surface area contributed by atoms with Gasteiger partial charge in [-0.2, -0.15) is 0 Å². The Labute approximate surface area is 170 Å². The van der Waals surface area contributed by atoms with Gasteiger partial charge in [-0.05, 0) is 0 Å². The summed E-state index contributed by atoms with van der Waals surface area (Å²) in [5.74, 6) is 0. The van der Waals surface area contributed by atoms with Crippen molar-refractivity contribution in [2.75, 3.05) is 11.9 Å². The SMILES string of the molecule is Cc1ccccc1N1C=C(c2ccc3c(c2)-c2ccccc2[Se]3=O)N(C)C1C. The predicted octanol–water partition coefficient (Wildman–Crippen LogP) is 3.61. The monoisotopic (exact) mass is 434 g/mol. The summed E-state index contributed by atoms with van der Waals surface area (Å²) in [5.41, 5.74) is 7.11. The van der Waals surface area contributed by atoms with E-state index in [-0.39, 0.29) is 6.17 Å². The summed E-state index contributed by atoms with van der Waals surface area (Å²) in [7, 11) is 2.14. The summed E-state index contributed by atoms with van der Waals surface area (Å²) in [6.07, 6.45) is 2.47. The molecule has 2 atom stereocenters. The average Bonchev–Trinajstić information content (AvgIpc) is 3.17.